The molecule has 1 aromatic rings. The molecule has 1 rings (SSSR count). The number of amides is 1. The summed E-state index contributed by atoms with van der Waals surface area (Å²) in [5, 5.41) is -0.228. The van der Waals surface area contributed by atoms with Gasteiger partial charge in [0.15, 0.2) is 0 Å². The van der Waals surface area contributed by atoms with Gasteiger partial charge in [0.1, 0.15) is 5.38 Å². The van der Waals surface area contributed by atoms with Crippen LogP contribution in [-0.2, 0) is 4.79 Å². The van der Waals surface area contributed by atoms with Crippen LogP contribution in [0.5, 0.6) is 0 Å². The van der Waals surface area contributed by atoms with Crippen LogP contribution in [0.2, 0.25) is 5.02 Å². The molecule has 2 nitrogen and oxygen atoms in total. The molecule has 0 saturated carbocycles. The summed E-state index contributed by atoms with van der Waals surface area (Å²) in [7, 11) is 0. The van der Waals surface area contributed by atoms with E-state index >= 15 is 0 Å². The minimum absolute atomic E-state index is 0.114. The molecule has 1 aromatic carbocycles. The van der Waals surface area contributed by atoms with E-state index in [0.717, 1.165) is 4.47 Å². The Hall–Kier alpha value is -0.250. The Balaban J connectivity index is 2.99. The van der Waals surface area contributed by atoms with E-state index in [1.54, 1.807) is 17.0 Å². The SMILES string of the molecule is CCN(CC)C(=O)C(Cl)c1cc(Br)ccc1Cl. The molecule has 1 amide bonds. The van der Waals surface area contributed by atoms with Crippen molar-refractivity contribution in [1.29, 1.82) is 0 Å². The molecule has 1 atom stereocenters. The van der Waals surface area contributed by atoms with Crippen molar-refractivity contribution in [2.45, 2.75) is 19.2 Å². The highest BCUT2D eigenvalue weighted by molar-refractivity contribution is 9.10. The van der Waals surface area contributed by atoms with Crippen LogP contribution in [0.25, 0.3) is 0 Å². The van der Waals surface area contributed by atoms with Gasteiger partial charge in [0.2, 0.25) is 5.91 Å². The molecule has 0 spiro atoms. The molecule has 0 fully saturated rings. The first-order chi connectivity index (χ1) is 8.01. The van der Waals surface area contributed by atoms with Crippen LogP contribution >= 0.6 is 39.1 Å². The summed E-state index contributed by atoms with van der Waals surface area (Å²) in [6, 6.07) is 5.32. The minimum atomic E-state index is -0.736. The van der Waals surface area contributed by atoms with E-state index < -0.39 is 5.38 Å². The van der Waals surface area contributed by atoms with Gasteiger partial charge in [-0.2, -0.15) is 0 Å². The summed E-state index contributed by atoms with van der Waals surface area (Å²) < 4.78 is 0.856. The molecular formula is C12H14BrCl2NO. The van der Waals surface area contributed by atoms with Gasteiger partial charge in [0.25, 0.3) is 0 Å². The fourth-order valence-corrected chi connectivity index (χ4v) is 2.52. The maximum atomic E-state index is 12.1. The van der Waals surface area contributed by atoms with Crippen molar-refractivity contribution >= 4 is 45.0 Å². The Morgan fingerprint density at radius 3 is 2.53 bits per heavy atom. The highest BCUT2D eigenvalue weighted by Gasteiger charge is 2.24. The molecule has 0 aliphatic rings. The zero-order chi connectivity index (χ0) is 13.0. The van der Waals surface area contributed by atoms with E-state index in [1.807, 2.05) is 19.9 Å². The van der Waals surface area contributed by atoms with Crippen LogP contribution in [0.15, 0.2) is 22.7 Å². The lowest BCUT2D eigenvalue weighted by atomic mass is 10.1. The molecule has 0 aliphatic carbocycles. The number of hydrogen-bond donors (Lipinski definition) is 0. The molecule has 1 unspecified atom stereocenters. The fourth-order valence-electron chi connectivity index (χ4n) is 1.54. The van der Waals surface area contributed by atoms with Gasteiger partial charge in [-0.1, -0.05) is 27.5 Å². The van der Waals surface area contributed by atoms with Crippen LogP contribution in [-0.4, -0.2) is 23.9 Å². The summed E-state index contributed by atoms with van der Waals surface area (Å²) in [6.45, 7) is 5.13. The van der Waals surface area contributed by atoms with E-state index in [4.69, 9.17) is 23.2 Å². The van der Waals surface area contributed by atoms with Gasteiger partial charge in [0, 0.05) is 22.6 Å². The maximum absolute atomic E-state index is 12.1. The monoisotopic (exact) mass is 337 g/mol. The lowest BCUT2D eigenvalue weighted by molar-refractivity contribution is -0.130. The number of hydrogen-bond acceptors (Lipinski definition) is 1. The number of nitrogens with zero attached hydrogens (tertiary/aromatic N) is 1. The summed E-state index contributed by atoms with van der Waals surface area (Å²) in [4.78, 5) is 13.8. The van der Waals surface area contributed by atoms with E-state index in [2.05, 4.69) is 15.9 Å². The molecule has 0 bridgehead atoms. The molecule has 5 heteroatoms. The Kier molecular flexibility index (Phi) is 5.77. The lowest BCUT2D eigenvalue weighted by Gasteiger charge is -2.22. The van der Waals surface area contributed by atoms with Crippen LogP contribution in [0, 0.1) is 0 Å². The quantitative estimate of drug-likeness (QED) is 0.751. The smallest absolute Gasteiger partial charge is 0.245 e. The molecule has 94 valence electrons. The number of likely N-dealkylation sites (N-methyl/N-ethyl adjacent to an activating group) is 1. The van der Waals surface area contributed by atoms with Crippen molar-refractivity contribution in [1.82, 2.24) is 4.90 Å². The van der Waals surface area contributed by atoms with Crippen LogP contribution in [0.4, 0.5) is 0 Å². The second-order valence-corrected chi connectivity index (χ2v) is 5.30. The summed E-state index contributed by atoms with van der Waals surface area (Å²) in [6.07, 6.45) is 0. The van der Waals surface area contributed by atoms with Gasteiger partial charge in [-0.25, -0.2) is 0 Å². The van der Waals surface area contributed by atoms with E-state index in [-0.39, 0.29) is 5.91 Å². The van der Waals surface area contributed by atoms with Gasteiger partial charge in [-0.3, -0.25) is 4.79 Å². The second kappa shape index (κ2) is 6.62. The number of carbonyl (C=O) groups excluding carboxylic acids is 1. The first-order valence-electron chi connectivity index (χ1n) is 5.39. The van der Waals surface area contributed by atoms with Crippen molar-refractivity contribution in [2.24, 2.45) is 0 Å². The van der Waals surface area contributed by atoms with Crippen molar-refractivity contribution in [3.63, 3.8) is 0 Å². The zero-order valence-electron chi connectivity index (χ0n) is 9.71. The number of rotatable bonds is 4. The van der Waals surface area contributed by atoms with Crippen LogP contribution < -0.4 is 0 Å². The van der Waals surface area contributed by atoms with Crippen molar-refractivity contribution in [3.8, 4) is 0 Å². The third-order valence-electron chi connectivity index (χ3n) is 2.52. The minimum Gasteiger partial charge on any atom is -0.342 e. The third kappa shape index (κ3) is 3.60. The lowest BCUT2D eigenvalue weighted by Crippen LogP contribution is -2.33. The average Bonchev–Trinajstić information content (AvgIpc) is 2.32. The Labute approximate surface area is 120 Å². The molecule has 0 aromatic heterocycles. The maximum Gasteiger partial charge on any atom is 0.245 e. The van der Waals surface area contributed by atoms with Gasteiger partial charge >= 0.3 is 0 Å². The van der Waals surface area contributed by atoms with Crippen molar-refractivity contribution in [2.75, 3.05) is 13.1 Å². The van der Waals surface area contributed by atoms with Crippen LogP contribution in [0.3, 0.4) is 0 Å². The van der Waals surface area contributed by atoms with Gasteiger partial charge < -0.3 is 4.90 Å². The number of carbonyl (C=O) groups is 1. The van der Waals surface area contributed by atoms with E-state index in [0.29, 0.717) is 23.7 Å². The Bertz CT molecular complexity index is 407. The average molecular weight is 339 g/mol. The van der Waals surface area contributed by atoms with E-state index in [1.165, 1.54) is 0 Å². The topological polar surface area (TPSA) is 20.3 Å². The first kappa shape index (κ1) is 14.8. The van der Waals surface area contributed by atoms with E-state index in [9.17, 15) is 4.79 Å². The normalized spacial score (nSPS) is 12.3. The number of halogens is 3. The molecule has 0 aliphatic heterocycles. The van der Waals surface area contributed by atoms with Gasteiger partial charge in [0.05, 0.1) is 0 Å². The number of alkyl halides is 1. The molecular weight excluding hydrogens is 325 g/mol. The first-order valence-corrected chi connectivity index (χ1v) is 6.99. The zero-order valence-corrected chi connectivity index (χ0v) is 12.8. The molecule has 0 heterocycles. The van der Waals surface area contributed by atoms with Gasteiger partial charge in [-0.15, -0.1) is 11.6 Å². The number of benzene rings is 1. The molecule has 0 radical (unpaired) electrons. The summed E-state index contributed by atoms with van der Waals surface area (Å²) in [5.74, 6) is -0.114. The summed E-state index contributed by atoms with van der Waals surface area (Å²) in [5.41, 5.74) is 0.639. The Morgan fingerprint density at radius 2 is 2.00 bits per heavy atom. The highest BCUT2D eigenvalue weighted by Crippen LogP contribution is 2.31. The summed E-state index contributed by atoms with van der Waals surface area (Å²) >= 11 is 15.6. The third-order valence-corrected chi connectivity index (χ3v) is 3.78. The van der Waals surface area contributed by atoms with Gasteiger partial charge in [-0.05, 0) is 37.6 Å². The van der Waals surface area contributed by atoms with Crippen molar-refractivity contribution in [3.05, 3.63) is 33.3 Å². The highest BCUT2D eigenvalue weighted by atomic mass is 79.9. The molecule has 0 saturated heterocycles. The molecule has 17 heavy (non-hydrogen) atoms. The predicted octanol–water partition coefficient (Wildman–Crippen LogP) is 4.25. The van der Waals surface area contributed by atoms with Crippen molar-refractivity contribution < 1.29 is 4.79 Å². The Morgan fingerprint density at radius 1 is 1.41 bits per heavy atom. The van der Waals surface area contributed by atoms with Crippen LogP contribution in [0.1, 0.15) is 24.8 Å². The molecule has 0 N–H and O–H groups in total. The standard InChI is InChI=1S/C12H14BrCl2NO/c1-3-16(4-2)12(17)11(15)9-7-8(13)5-6-10(9)14/h5-7,11H,3-4H2,1-2H3. The largest absolute Gasteiger partial charge is 0.342 e. The second-order valence-electron chi connectivity index (χ2n) is 3.54. The fraction of sp³-hybridized carbons (Fsp3) is 0.417. The predicted molar refractivity (Wildman–Crippen MR) is 75.7 cm³/mol.